The third kappa shape index (κ3) is 2.22. The van der Waals surface area contributed by atoms with Gasteiger partial charge in [0.2, 0.25) is 6.29 Å². The average Bonchev–Trinajstić information content (AvgIpc) is 3.04. The fraction of sp³-hybridized carbons (Fsp3) is 0.562. The SMILES string of the molecule is CC1=C(C)N2C(=O)NNC2N=C1N1CCc2nc(C3(F)CC3)sc2C1. The van der Waals surface area contributed by atoms with Crippen LogP contribution in [0.5, 0.6) is 0 Å². The fourth-order valence-electron chi connectivity index (χ4n) is 3.55. The summed E-state index contributed by atoms with van der Waals surface area (Å²) in [5.74, 6) is 0.893. The van der Waals surface area contributed by atoms with Gasteiger partial charge in [-0.25, -0.2) is 19.2 Å². The number of amidine groups is 1. The molecule has 5 rings (SSSR count). The molecule has 1 unspecified atom stereocenters. The molecular formula is C16H19FN6OS. The Kier molecular flexibility index (Phi) is 3.06. The number of halogens is 1. The summed E-state index contributed by atoms with van der Waals surface area (Å²) in [6, 6.07) is -0.185. The largest absolute Gasteiger partial charge is 0.351 e. The highest BCUT2D eigenvalue weighted by atomic mass is 32.1. The van der Waals surface area contributed by atoms with E-state index < -0.39 is 12.0 Å². The maximum Gasteiger partial charge on any atom is 0.338 e. The lowest BCUT2D eigenvalue weighted by molar-refractivity contribution is 0.217. The molecule has 7 nitrogen and oxygen atoms in total. The third-order valence-corrected chi connectivity index (χ3v) is 6.62. The Hall–Kier alpha value is -2.00. The molecular weight excluding hydrogens is 343 g/mol. The Labute approximate surface area is 148 Å². The first-order valence-electron chi connectivity index (χ1n) is 8.49. The number of hydrogen-bond acceptors (Lipinski definition) is 6. The number of fused-ring (bicyclic) bond motifs is 2. The van der Waals surface area contributed by atoms with E-state index in [4.69, 9.17) is 4.99 Å². The number of rotatable bonds is 1. The number of thiazole rings is 1. The molecule has 1 aromatic rings. The Morgan fingerprint density at radius 2 is 2.16 bits per heavy atom. The molecule has 132 valence electrons. The summed E-state index contributed by atoms with van der Waals surface area (Å²) in [6.45, 7) is 5.42. The van der Waals surface area contributed by atoms with Crippen molar-refractivity contribution in [1.29, 1.82) is 0 Å². The van der Waals surface area contributed by atoms with E-state index in [1.54, 1.807) is 4.90 Å². The molecule has 2 amide bonds. The molecule has 1 aliphatic carbocycles. The molecule has 2 N–H and O–H groups in total. The van der Waals surface area contributed by atoms with Gasteiger partial charge in [-0.2, -0.15) is 5.43 Å². The molecule has 0 radical (unpaired) electrons. The molecule has 1 atom stereocenters. The van der Waals surface area contributed by atoms with Crippen molar-refractivity contribution in [3.05, 3.63) is 26.8 Å². The molecule has 25 heavy (non-hydrogen) atoms. The van der Waals surface area contributed by atoms with Crippen LogP contribution in [0.25, 0.3) is 0 Å². The van der Waals surface area contributed by atoms with Crippen LogP contribution >= 0.6 is 11.3 Å². The zero-order chi connectivity index (χ0) is 17.3. The van der Waals surface area contributed by atoms with E-state index in [2.05, 4.69) is 20.7 Å². The van der Waals surface area contributed by atoms with Crippen LogP contribution in [-0.2, 0) is 18.6 Å². The van der Waals surface area contributed by atoms with Gasteiger partial charge < -0.3 is 4.90 Å². The fourth-order valence-corrected chi connectivity index (χ4v) is 4.82. The lowest BCUT2D eigenvalue weighted by Gasteiger charge is -2.35. The zero-order valence-corrected chi connectivity index (χ0v) is 14.9. The second-order valence-electron chi connectivity index (χ2n) is 7.01. The van der Waals surface area contributed by atoms with Gasteiger partial charge in [0.15, 0.2) is 5.67 Å². The van der Waals surface area contributed by atoms with E-state index in [9.17, 15) is 9.18 Å². The number of carbonyl (C=O) groups is 1. The lowest BCUT2D eigenvalue weighted by Crippen LogP contribution is -2.45. The van der Waals surface area contributed by atoms with Gasteiger partial charge in [-0.05, 0) is 26.7 Å². The number of alkyl halides is 1. The second-order valence-corrected chi connectivity index (χ2v) is 8.09. The van der Waals surface area contributed by atoms with Gasteiger partial charge in [-0.3, -0.25) is 10.3 Å². The summed E-state index contributed by atoms with van der Waals surface area (Å²) >= 11 is 1.50. The first-order valence-corrected chi connectivity index (χ1v) is 9.31. The molecule has 3 aliphatic heterocycles. The molecule has 2 fully saturated rings. The maximum absolute atomic E-state index is 14.3. The quantitative estimate of drug-likeness (QED) is 0.801. The highest BCUT2D eigenvalue weighted by Gasteiger charge is 2.48. The third-order valence-electron chi connectivity index (χ3n) is 5.36. The number of urea groups is 1. The lowest BCUT2D eigenvalue weighted by atomic mass is 10.1. The Bertz CT molecular complexity index is 842. The smallest absolute Gasteiger partial charge is 0.338 e. The van der Waals surface area contributed by atoms with Crippen LogP contribution in [0.2, 0.25) is 0 Å². The van der Waals surface area contributed by atoms with Crippen molar-refractivity contribution in [2.24, 2.45) is 4.99 Å². The number of nitrogens with zero attached hydrogens (tertiary/aromatic N) is 4. The highest BCUT2D eigenvalue weighted by Crippen LogP contribution is 2.51. The number of amides is 2. The minimum atomic E-state index is -1.16. The van der Waals surface area contributed by atoms with Crippen LogP contribution in [0.3, 0.4) is 0 Å². The first-order chi connectivity index (χ1) is 12.0. The summed E-state index contributed by atoms with van der Waals surface area (Å²) in [6.07, 6.45) is 1.58. The van der Waals surface area contributed by atoms with Crippen molar-refractivity contribution in [3.8, 4) is 0 Å². The number of aromatic nitrogens is 1. The van der Waals surface area contributed by atoms with Crippen molar-refractivity contribution in [1.82, 2.24) is 25.6 Å². The summed E-state index contributed by atoms with van der Waals surface area (Å²) in [7, 11) is 0. The molecule has 0 bridgehead atoms. The van der Waals surface area contributed by atoms with Crippen molar-refractivity contribution in [3.63, 3.8) is 0 Å². The van der Waals surface area contributed by atoms with Gasteiger partial charge in [0, 0.05) is 29.1 Å². The molecule has 4 aliphatic rings. The summed E-state index contributed by atoms with van der Waals surface area (Å²) in [5.41, 5.74) is 7.26. The second kappa shape index (κ2) is 5.01. The Morgan fingerprint density at radius 1 is 1.36 bits per heavy atom. The van der Waals surface area contributed by atoms with E-state index in [1.807, 2.05) is 13.8 Å². The van der Waals surface area contributed by atoms with Crippen molar-refractivity contribution < 1.29 is 9.18 Å². The number of nitrogens with one attached hydrogen (secondary N) is 2. The molecule has 0 aromatic carbocycles. The van der Waals surface area contributed by atoms with Gasteiger partial charge in [-0.1, -0.05) is 0 Å². The Balaban J connectivity index is 1.44. The average molecular weight is 362 g/mol. The van der Waals surface area contributed by atoms with Crippen molar-refractivity contribution in [2.75, 3.05) is 6.54 Å². The van der Waals surface area contributed by atoms with E-state index in [0.29, 0.717) is 24.4 Å². The normalized spacial score (nSPS) is 27.1. The minimum absolute atomic E-state index is 0.185. The number of hydrazine groups is 1. The molecule has 1 saturated carbocycles. The van der Waals surface area contributed by atoms with Crippen molar-refractivity contribution >= 4 is 23.2 Å². The first kappa shape index (κ1) is 15.3. The standard InChI is InChI=1S/C16H19FN6OS/c1-8-9(2)23-14(20-21-15(23)24)19-12(8)22-6-3-10-11(7-22)25-13(18-10)16(17)4-5-16/h14,20H,3-7H2,1-2H3,(H,21,24). The van der Waals surface area contributed by atoms with Crippen LogP contribution in [-0.4, -0.2) is 39.5 Å². The maximum atomic E-state index is 14.3. The highest BCUT2D eigenvalue weighted by molar-refractivity contribution is 7.12. The summed E-state index contributed by atoms with van der Waals surface area (Å²) in [4.78, 5) is 26.1. The van der Waals surface area contributed by atoms with Gasteiger partial charge in [0.05, 0.1) is 12.2 Å². The number of carbonyl (C=O) groups excluding carboxylic acids is 1. The van der Waals surface area contributed by atoms with E-state index in [0.717, 1.165) is 40.6 Å². The number of allylic oxidation sites excluding steroid dienone is 1. The molecule has 1 saturated heterocycles. The monoisotopic (exact) mass is 362 g/mol. The molecule has 9 heteroatoms. The van der Waals surface area contributed by atoms with Gasteiger partial charge in [-0.15, -0.1) is 11.3 Å². The molecule has 1 aromatic heterocycles. The zero-order valence-electron chi connectivity index (χ0n) is 14.1. The minimum Gasteiger partial charge on any atom is -0.351 e. The van der Waals surface area contributed by atoms with E-state index >= 15 is 0 Å². The van der Waals surface area contributed by atoms with Crippen LogP contribution in [0.15, 0.2) is 16.3 Å². The van der Waals surface area contributed by atoms with Crippen molar-refractivity contribution in [2.45, 2.75) is 51.6 Å². The number of hydrogen-bond donors (Lipinski definition) is 2. The van der Waals surface area contributed by atoms with Crippen LogP contribution < -0.4 is 10.9 Å². The van der Waals surface area contributed by atoms with E-state index in [-0.39, 0.29) is 6.03 Å². The number of aliphatic imine (C=N–C) groups is 1. The van der Waals surface area contributed by atoms with Gasteiger partial charge in [0.1, 0.15) is 10.8 Å². The van der Waals surface area contributed by atoms with Crippen LogP contribution in [0, 0.1) is 0 Å². The predicted octanol–water partition coefficient (Wildman–Crippen LogP) is 1.98. The topological polar surface area (TPSA) is 72.9 Å². The summed E-state index contributed by atoms with van der Waals surface area (Å²) < 4.78 is 14.3. The Morgan fingerprint density at radius 3 is 2.92 bits per heavy atom. The molecule has 4 heterocycles. The van der Waals surface area contributed by atoms with E-state index in [1.165, 1.54) is 11.3 Å². The van der Waals surface area contributed by atoms with Crippen LogP contribution in [0.1, 0.15) is 42.3 Å². The predicted molar refractivity (Wildman–Crippen MR) is 91.4 cm³/mol. The molecule has 0 spiro atoms. The van der Waals surface area contributed by atoms with Gasteiger partial charge in [0.25, 0.3) is 0 Å². The van der Waals surface area contributed by atoms with Crippen LogP contribution in [0.4, 0.5) is 9.18 Å². The summed E-state index contributed by atoms with van der Waals surface area (Å²) in [5, 5.41) is 0.645. The van der Waals surface area contributed by atoms with Gasteiger partial charge >= 0.3 is 6.03 Å².